The van der Waals surface area contributed by atoms with Gasteiger partial charge in [0.15, 0.2) is 0 Å². The van der Waals surface area contributed by atoms with Gasteiger partial charge in [-0.3, -0.25) is 9.59 Å². The molecule has 1 aliphatic rings. The number of carboxylic acids is 1. The largest absolute Gasteiger partial charge is 0.481 e. The first-order valence-electron chi connectivity index (χ1n) is 7.12. The number of hydrogen-bond acceptors (Lipinski definition) is 5. The number of thiazole rings is 1. The van der Waals surface area contributed by atoms with Crippen LogP contribution in [0.1, 0.15) is 42.6 Å². The van der Waals surface area contributed by atoms with Crippen LogP contribution >= 0.6 is 22.7 Å². The van der Waals surface area contributed by atoms with Crippen LogP contribution in [-0.2, 0) is 4.79 Å². The van der Waals surface area contributed by atoms with Gasteiger partial charge in [-0.15, -0.1) is 22.7 Å². The lowest BCUT2D eigenvalue weighted by Crippen LogP contribution is -2.47. The van der Waals surface area contributed by atoms with Crippen molar-refractivity contribution in [1.29, 1.82) is 0 Å². The molecule has 3 rings (SSSR count). The van der Waals surface area contributed by atoms with E-state index < -0.39 is 11.5 Å². The summed E-state index contributed by atoms with van der Waals surface area (Å²) in [5.41, 5.74) is -0.250. The number of amides is 1. The average molecular weight is 336 g/mol. The molecule has 1 aliphatic carbocycles. The molecule has 1 amide bonds. The fourth-order valence-electron chi connectivity index (χ4n) is 2.88. The van der Waals surface area contributed by atoms with Crippen molar-refractivity contribution in [1.82, 2.24) is 10.3 Å². The van der Waals surface area contributed by atoms with Crippen LogP contribution in [0.2, 0.25) is 0 Å². The molecule has 116 valence electrons. The summed E-state index contributed by atoms with van der Waals surface area (Å²) < 4.78 is 0. The zero-order valence-corrected chi connectivity index (χ0v) is 13.5. The Bertz CT molecular complexity index is 673. The first-order chi connectivity index (χ1) is 10.6. The third-order valence-electron chi connectivity index (χ3n) is 3.90. The van der Waals surface area contributed by atoms with Crippen LogP contribution in [-0.4, -0.2) is 27.5 Å². The molecule has 0 aromatic carbocycles. The van der Waals surface area contributed by atoms with Crippen molar-refractivity contribution in [3.63, 3.8) is 0 Å². The van der Waals surface area contributed by atoms with Crippen molar-refractivity contribution in [2.75, 3.05) is 0 Å². The quantitative estimate of drug-likeness (QED) is 0.877. The minimum absolute atomic E-state index is 0.0271. The van der Waals surface area contributed by atoms with E-state index in [1.165, 1.54) is 11.3 Å². The summed E-state index contributed by atoms with van der Waals surface area (Å²) in [4.78, 5) is 28.9. The van der Waals surface area contributed by atoms with Crippen LogP contribution < -0.4 is 5.32 Å². The van der Waals surface area contributed by atoms with Gasteiger partial charge in [0.2, 0.25) is 0 Å². The van der Waals surface area contributed by atoms with Gasteiger partial charge >= 0.3 is 5.97 Å². The lowest BCUT2D eigenvalue weighted by Gasteiger charge is -2.28. The maximum atomic E-state index is 12.4. The molecule has 0 atom stereocenters. The highest BCUT2D eigenvalue weighted by Gasteiger charge is 2.38. The van der Waals surface area contributed by atoms with Crippen LogP contribution in [0.3, 0.4) is 0 Å². The molecule has 0 radical (unpaired) electrons. The molecule has 22 heavy (non-hydrogen) atoms. The summed E-state index contributed by atoms with van der Waals surface area (Å²) in [6, 6.07) is 3.91. The van der Waals surface area contributed by atoms with Crippen molar-refractivity contribution in [3.05, 3.63) is 28.6 Å². The Morgan fingerprint density at radius 3 is 2.73 bits per heavy atom. The average Bonchev–Trinajstić information content (AvgIpc) is 3.19. The van der Waals surface area contributed by atoms with E-state index in [2.05, 4.69) is 10.3 Å². The summed E-state index contributed by atoms with van der Waals surface area (Å²) in [6.07, 6.45) is 3.30. The molecule has 0 aliphatic heterocycles. The third-order valence-corrected chi connectivity index (χ3v) is 5.78. The van der Waals surface area contributed by atoms with E-state index >= 15 is 0 Å². The molecule has 2 heterocycles. The highest BCUT2D eigenvalue weighted by atomic mass is 32.1. The molecular weight excluding hydrogens is 320 g/mol. The number of carboxylic acid groups (broad SMARTS) is 1. The maximum absolute atomic E-state index is 12.4. The standard InChI is InChI=1S/C15H16N2O3S2/c18-12(19)8-15(5-1-2-6-15)17-13(20)10-9-22-14(16-10)11-4-3-7-21-11/h3-4,7,9H,1-2,5-6,8H2,(H,17,20)(H,18,19). The van der Waals surface area contributed by atoms with E-state index in [1.54, 1.807) is 16.7 Å². The van der Waals surface area contributed by atoms with Crippen molar-refractivity contribution >= 4 is 34.6 Å². The Kier molecular flexibility index (Phi) is 4.26. The summed E-state index contributed by atoms with van der Waals surface area (Å²) in [7, 11) is 0. The van der Waals surface area contributed by atoms with Crippen molar-refractivity contribution in [2.45, 2.75) is 37.6 Å². The molecule has 0 saturated heterocycles. The van der Waals surface area contributed by atoms with E-state index in [0.717, 1.165) is 22.7 Å². The minimum atomic E-state index is -0.875. The van der Waals surface area contributed by atoms with Gasteiger partial charge in [-0.25, -0.2) is 4.98 Å². The number of carbonyl (C=O) groups is 2. The molecular formula is C15H16N2O3S2. The summed E-state index contributed by atoms with van der Waals surface area (Å²) in [5, 5.41) is 16.5. The molecule has 2 aromatic rings. The monoisotopic (exact) mass is 336 g/mol. The van der Waals surface area contributed by atoms with Gasteiger partial charge in [-0.05, 0) is 24.3 Å². The first-order valence-corrected chi connectivity index (χ1v) is 8.88. The number of aliphatic carboxylic acids is 1. The van der Waals surface area contributed by atoms with E-state index in [-0.39, 0.29) is 12.3 Å². The van der Waals surface area contributed by atoms with Gasteiger partial charge in [-0.2, -0.15) is 0 Å². The van der Waals surface area contributed by atoms with E-state index in [0.29, 0.717) is 18.5 Å². The Labute approximate surface area is 136 Å². The van der Waals surface area contributed by atoms with Crippen molar-refractivity contribution < 1.29 is 14.7 Å². The number of thiophene rings is 1. The van der Waals surface area contributed by atoms with Gasteiger partial charge in [0.25, 0.3) is 5.91 Å². The zero-order chi connectivity index (χ0) is 15.6. The molecule has 0 bridgehead atoms. The second kappa shape index (κ2) is 6.18. The fourth-order valence-corrected chi connectivity index (χ4v) is 4.50. The first kappa shape index (κ1) is 15.2. The molecule has 7 heteroatoms. The summed E-state index contributed by atoms with van der Waals surface area (Å²) >= 11 is 3.01. The second-order valence-electron chi connectivity index (χ2n) is 5.53. The maximum Gasteiger partial charge on any atom is 0.305 e. The normalized spacial score (nSPS) is 16.5. The van der Waals surface area contributed by atoms with E-state index in [1.807, 2.05) is 17.5 Å². The molecule has 5 nitrogen and oxygen atoms in total. The smallest absolute Gasteiger partial charge is 0.305 e. The molecule has 1 saturated carbocycles. The lowest BCUT2D eigenvalue weighted by atomic mass is 9.93. The van der Waals surface area contributed by atoms with E-state index in [9.17, 15) is 9.59 Å². The Hall–Kier alpha value is -1.73. The Morgan fingerprint density at radius 2 is 2.09 bits per heavy atom. The van der Waals surface area contributed by atoms with Gasteiger partial charge in [-0.1, -0.05) is 18.9 Å². The van der Waals surface area contributed by atoms with Gasteiger partial charge in [0.1, 0.15) is 10.7 Å². The topological polar surface area (TPSA) is 79.3 Å². The predicted molar refractivity (Wildman–Crippen MR) is 86.3 cm³/mol. The zero-order valence-electron chi connectivity index (χ0n) is 11.9. The molecule has 2 aromatic heterocycles. The SMILES string of the molecule is O=C(O)CC1(NC(=O)c2csc(-c3cccs3)n2)CCCC1. The van der Waals surface area contributed by atoms with Crippen LogP contribution in [0.5, 0.6) is 0 Å². The van der Waals surface area contributed by atoms with Crippen LogP contribution in [0.15, 0.2) is 22.9 Å². The van der Waals surface area contributed by atoms with Crippen LogP contribution in [0, 0.1) is 0 Å². The molecule has 2 N–H and O–H groups in total. The number of nitrogens with zero attached hydrogens (tertiary/aromatic N) is 1. The van der Waals surface area contributed by atoms with Crippen molar-refractivity contribution in [3.8, 4) is 9.88 Å². The van der Waals surface area contributed by atoms with Gasteiger partial charge in [0, 0.05) is 5.38 Å². The Balaban J connectivity index is 1.75. The predicted octanol–water partition coefficient (Wildman–Crippen LogP) is 3.39. The van der Waals surface area contributed by atoms with Gasteiger partial charge < -0.3 is 10.4 Å². The number of rotatable bonds is 5. The van der Waals surface area contributed by atoms with Crippen LogP contribution in [0.25, 0.3) is 9.88 Å². The summed E-state index contributed by atoms with van der Waals surface area (Å²) in [6.45, 7) is 0. The van der Waals surface area contributed by atoms with Gasteiger partial charge in [0.05, 0.1) is 16.8 Å². The number of hydrogen-bond donors (Lipinski definition) is 2. The minimum Gasteiger partial charge on any atom is -0.481 e. The summed E-state index contributed by atoms with van der Waals surface area (Å²) in [5.74, 6) is -1.15. The third kappa shape index (κ3) is 3.20. The molecule has 1 fully saturated rings. The molecule has 0 spiro atoms. The number of nitrogens with one attached hydrogen (secondary N) is 1. The number of carbonyl (C=O) groups excluding carboxylic acids is 1. The fraction of sp³-hybridized carbons (Fsp3) is 0.400. The highest BCUT2D eigenvalue weighted by molar-refractivity contribution is 7.20. The number of aromatic nitrogens is 1. The van der Waals surface area contributed by atoms with Crippen LogP contribution in [0.4, 0.5) is 0 Å². The van der Waals surface area contributed by atoms with Crippen molar-refractivity contribution in [2.24, 2.45) is 0 Å². The second-order valence-corrected chi connectivity index (χ2v) is 7.33. The Morgan fingerprint density at radius 1 is 1.32 bits per heavy atom. The van der Waals surface area contributed by atoms with E-state index in [4.69, 9.17) is 5.11 Å². The molecule has 0 unspecified atom stereocenters. The highest BCUT2D eigenvalue weighted by Crippen LogP contribution is 2.33. The lowest BCUT2D eigenvalue weighted by molar-refractivity contribution is -0.138.